The monoisotopic (exact) mass is 638 g/mol. The maximum Gasteiger partial charge on any atom is 0.236 e. The standard InChI is InChI=1S/C43H42O5/c1-28(44)24-29-16-18-34-26-30(17-19-33(34)25-29)27-45-48-43(2,35-12-4-3-5-13-35)42-46-38-22-20-31-10-6-8-14-36(31)40(38)41-37-15-9-7-11-32(37)21-23-39(41)47-42/h3-6,8,10,12-14,16-19,21,23,25-26,38,40,42H,7,9,11,15,20,22,24,27H2,1-2H3/t38?,40-,42?,43-/m0/s1. The zero-order chi connectivity index (χ0) is 32.7. The number of carbonyl (C=O) groups excluding carboxylic acids is 1. The zero-order valence-corrected chi connectivity index (χ0v) is 27.7. The summed E-state index contributed by atoms with van der Waals surface area (Å²) in [5.74, 6) is 1.14. The molecular weight excluding hydrogens is 596 g/mol. The topological polar surface area (TPSA) is 54.0 Å². The van der Waals surface area contributed by atoms with Crippen LogP contribution in [0.5, 0.6) is 5.75 Å². The second-order valence-electron chi connectivity index (χ2n) is 13.9. The third-order valence-electron chi connectivity index (χ3n) is 10.5. The van der Waals surface area contributed by atoms with E-state index in [4.69, 9.17) is 19.2 Å². The van der Waals surface area contributed by atoms with Crippen molar-refractivity contribution in [1.29, 1.82) is 0 Å². The molecule has 0 saturated carbocycles. The van der Waals surface area contributed by atoms with Crippen molar-refractivity contribution in [2.75, 3.05) is 0 Å². The van der Waals surface area contributed by atoms with Crippen molar-refractivity contribution in [3.8, 4) is 5.75 Å². The average Bonchev–Trinajstić information content (AvgIpc) is 3.29. The van der Waals surface area contributed by atoms with Gasteiger partial charge < -0.3 is 9.47 Å². The first kappa shape index (κ1) is 31.0. The Balaban J connectivity index is 1.12. The smallest absolute Gasteiger partial charge is 0.236 e. The lowest BCUT2D eigenvalue weighted by atomic mass is 9.73. The van der Waals surface area contributed by atoms with Crippen LogP contribution in [0.1, 0.15) is 83.5 Å². The van der Waals surface area contributed by atoms with Crippen LogP contribution in [0.4, 0.5) is 0 Å². The summed E-state index contributed by atoms with van der Waals surface area (Å²) in [4.78, 5) is 24.2. The van der Waals surface area contributed by atoms with Gasteiger partial charge in [-0.25, -0.2) is 9.78 Å². The Hall–Kier alpha value is -4.29. The van der Waals surface area contributed by atoms with Gasteiger partial charge in [0.15, 0.2) is 5.60 Å². The Morgan fingerprint density at radius 3 is 2.40 bits per heavy atom. The average molecular weight is 639 g/mol. The minimum Gasteiger partial charge on any atom is -0.461 e. The summed E-state index contributed by atoms with van der Waals surface area (Å²) in [7, 11) is 0. The number of fused-ring (bicyclic) bond motifs is 8. The van der Waals surface area contributed by atoms with Crippen LogP contribution in [0.15, 0.2) is 103 Å². The maximum atomic E-state index is 11.6. The highest BCUT2D eigenvalue weighted by Gasteiger charge is 2.48. The number of carbonyl (C=O) groups is 1. The van der Waals surface area contributed by atoms with Gasteiger partial charge in [-0.1, -0.05) is 91.0 Å². The van der Waals surface area contributed by atoms with Gasteiger partial charge in [0.1, 0.15) is 18.1 Å². The van der Waals surface area contributed by atoms with Gasteiger partial charge in [-0.2, -0.15) is 0 Å². The minimum atomic E-state index is -1.07. The SMILES string of the molecule is CC(=O)Cc1ccc2cc(COO[C@@](C)(c3ccccc3)C3Oc4ccc5c(c4[C@H]4c6ccccc6CCC4O3)CCCC5)ccc2c1. The fourth-order valence-corrected chi connectivity index (χ4v) is 8.09. The highest BCUT2D eigenvalue weighted by Crippen LogP contribution is 2.50. The Kier molecular flexibility index (Phi) is 8.37. The number of ether oxygens (including phenoxy) is 2. The number of rotatable bonds is 8. The first-order valence-corrected chi connectivity index (χ1v) is 17.4. The van der Waals surface area contributed by atoms with Gasteiger partial charge in [0.25, 0.3) is 0 Å². The molecule has 3 aliphatic rings. The van der Waals surface area contributed by atoms with Crippen LogP contribution in [0.2, 0.25) is 0 Å². The van der Waals surface area contributed by atoms with E-state index < -0.39 is 11.9 Å². The first-order valence-electron chi connectivity index (χ1n) is 17.4. The Morgan fingerprint density at radius 1 is 0.812 bits per heavy atom. The molecule has 0 radical (unpaired) electrons. The Labute approximate surface area is 282 Å². The highest BCUT2D eigenvalue weighted by atomic mass is 17.2. The Bertz CT molecular complexity index is 1970. The van der Waals surface area contributed by atoms with Crippen LogP contribution >= 0.6 is 0 Å². The van der Waals surface area contributed by atoms with E-state index in [9.17, 15) is 4.79 Å². The molecule has 1 aliphatic heterocycles. The molecule has 0 fully saturated rings. The lowest BCUT2D eigenvalue weighted by molar-refractivity contribution is -0.409. The number of benzene rings is 5. The molecule has 1 heterocycles. The first-order chi connectivity index (χ1) is 23.5. The molecule has 8 rings (SSSR count). The molecule has 0 bridgehead atoms. The number of Topliss-reactive ketones (excluding diaryl/α,β-unsaturated/α-hetero) is 1. The van der Waals surface area contributed by atoms with E-state index in [-0.39, 0.29) is 24.4 Å². The summed E-state index contributed by atoms with van der Waals surface area (Å²) in [6.07, 6.45) is 6.09. The van der Waals surface area contributed by atoms with E-state index in [0.717, 1.165) is 58.9 Å². The molecule has 0 spiro atoms. The predicted molar refractivity (Wildman–Crippen MR) is 187 cm³/mol. The van der Waals surface area contributed by atoms with Crippen molar-refractivity contribution < 1.29 is 24.0 Å². The minimum absolute atomic E-state index is 0.0698. The number of hydrogen-bond donors (Lipinski definition) is 0. The van der Waals surface area contributed by atoms with E-state index in [2.05, 4.69) is 72.8 Å². The molecule has 0 amide bonds. The molecule has 5 aromatic rings. The van der Waals surface area contributed by atoms with Gasteiger partial charge in [-0.3, -0.25) is 4.79 Å². The van der Waals surface area contributed by atoms with Crippen LogP contribution in [-0.4, -0.2) is 18.2 Å². The lowest BCUT2D eigenvalue weighted by Gasteiger charge is -2.38. The van der Waals surface area contributed by atoms with Crippen molar-refractivity contribution in [2.45, 2.75) is 89.3 Å². The summed E-state index contributed by atoms with van der Waals surface area (Å²) in [5, 5.41) is 2.19. The van der Waals surface area contributed by atoms with E-state index in [0.29, 0.717) is 6.42 Å². The van der Waals surface area contributed by atoms with Crippen LogP contribution in [0.3, 0.4) is 0 Å². The molecule has 0 N–H and O–H groups in total. The molecular formula is C43H42O5. The highest BCUT2D eigenvalue weighted by molar-refractivity contribution is 5.86. The summed E-state index contributed by atoms with van der Waals surface area (Å²) in [6.45, 7) is 3.89. The summed E-state index contributed by atoms with van der Waals surface area (Å²) < 4.78 is 14.1. The van der Waals surface area contributed by atoms with Crippen molar-refractivity contribution in [3.63, 3.8) is 0 Å². The summed E-state index contributed by atoms with van der Waals surface area (Å²) >= 11 is 0. The van der Waals surface area contributed by atoms with Gasteiger partial charge in [0, 0.05) is 17.9 Å². The number of ketones is 1. The lowest BCUT2D eigenvalue weighted by Crippen LogP contribution is -2.47. The third-order valence-corrected chi connectivity index (χ3v) is 10.5. The van der Waals surface area contributed by atoms with Crippen molar-refractivity contribution in [1.82, 2.24) is 0 Å². The third kappa shape index (κ3) is 5.85. The van der Waals surface area contributed by atoms with Gasteiger partial charge >= 0.3 is 0 Å². The molecule has 244 valence electrons. The normalized spacial score (nSPS) is 21.1. The molecule has 5 nitrogen and oxygen atoms in total. The predicted octanol–water partition coefficient (Wildman–Crippen LogP) is 9.10. The fourth-order valence-electron chi connectivity index (χ4n) is 8.09. The van der Waals surface area contributed by atoms with Crippen molar-refractivity contribution in [3.05, 3.63) is 148 Å². The van der Waals surface area contributed by atoms with Crippen LogP contribution in [0.25, 0.3) is 10.8 Å². The van der Waals surface area contributed by atoms with Crippen LogP contribution < -0.4 is 4.74 Å². The van der Waals surface area contributed by atoms with E-state index in [1.54, 1.807) is 6.92 Å². The van der Waals surface area contributed by atoms with Crippen molar-refractivity contribution >= 4 is 16.6 Å². The van der Waals surface area contributed by atoms with Crippen LogP contribution in [0, 0.1) is 0 Å². The van der Waals surface area contributed by atoms with E-state index >= 15 is 0 Å². The number of hydrogen-bond acceptors (Lipinski definition) is 5. The quantitative estimate of drug-likeness (QED) is 0.125. The van der Waals surface area contributed by atoms with Gasteiger partial charge in [0.05, 0.1) is 6.10 Å². The molecule has 4 atom stereocenters. The van der Waals surface area contributed by atoms with E-state index in [1.165, 1.54) is 40.7 Å². The summed E-state index contributed by atoms with van der Waals surface area (Å²) in [5.41, 5.74) is 8.79. The van der Waals surface area contributed by atoms with Gasteiger partial charge in [-0.15, -0.1) is 0 Å². The molecule has 5 aromatic carbocycles. The fraction of sp³-hybridized carbons (Fsp3) is 0.326. The second kappa shape index (κ2) is 13.0. The Morgan fingerprint density at radius 2 is 1.56 bits per heavy atom. The number of aryl methyl sites for hydroxylation is 2. The molecule has 48 heavy (non-hydrogen) atoms. The zero-order valence-electron chi connectivity index (χ0n) is 27.7. The maximum absolute atomic E-state index is 11.6. The molecule has 0 aromatic heterocycles. The molecule has 2 unspecified atom stereocenters. The largest absolute Gasteiger partial charge is 0.461 e. The molecule has 0 saturated heterocycles. The summed E-state index contributed by atoms with van der Waals surface area (Å²) in [6, 6.07) is 35.8. The van der Waals surface area contributed by atoms with Gasteiger partial charge in [0.2, 0.25) is 6.29 Å². The van der Waals surface area contributed by atoms with Crippen LogP contribution in [-0.2, 0) is 57.2 Å². The molecule has 2 aliphatic carbocycles. The van der Waals surface area contributed by atoms with Crippen molar-refractivity contribution in [2.24, 2.45) is 0 Å². The molecule has 5 heteroatoms. The van der Waals surface area contributed by atoms with Gasteiger partial charge in [-0.05, 0) is 114 Å². The second-order valence-corrected chi connectivity index (χ2v) is 13.9. The van der Waals surface area contributed by atoms with E-state index in [1.807, 2.05) is 37.3 Å².